The van der Waals surface area contributed by atoms with Crippen molar-refractivity contribution in [1.29, 1.82) is 0 Å². The molecule has 0 spiro atoms. The number of hydrogen-bond donors (Lipinski definition) is 1. The van der Waals surface area contributed by atoms with Crippen molar-refractivity contribution < 1.29 is 0 Å². The molecule has 21 heavy (non-hydrogen) atoms. The van der Waals surface area contributed by atoms with E-state index in [4.69, 9.17) is 12.2 Å². The average molecular weight is 302 g/mol. The third kappa shape index (κ3) is 3.29. The highest BCUT2D eigenvalue weighted by Crippen LogP contribution is 2.20. The molecule has 0 aliphatic carbocycles. The molecule has 2 aromatic rings. The van der Waals surface area contributed by atoms with E-state index in [2.05, 4.69) is 69.0 Å². The molecule has 0 saturated heterocycles. The number of nitrogens with zero attached hydrogens (tertiary/aromatic N) is 3. The molecule has 2 rings (SSSR count). The summed E-state index contributed by atoms with van der Waals surface area (Å²) in [6.45, 7) is 12.6. The van der Waals surface area contributed by atoms with Crippen molar-refractivity contribution in [3.05, 3.63) is 45.0 Å². The Bertz CT molecular complexity index is 721. The van der Waals surface area contributed by atoms with Crippen molar-refractivity contribution in [3.63, 3.8) is 0 Å². The molecule has 1 N–H and O–H groups in total. The maximum absolute atomic E-state index is 5.27. The third-order valence-electron chi connectivity index (χ3n) is 3.36. The summed E-state index contributed by atoms with van der Waals surface area (Å²) in [6.07, 6.45) is 1.87. The average Bonchev–Trinajstić information content (AvgIpc) is 2.69. The fraction of sp³-hybridized carbons (Fsp3) is 0.438. The minimum absolute atomic E-state index is 0.123. The molecule has 0 atom stereocenters. The van der Waals surface area contributed by atoms with Crippen molar-refractivity contribution in [1.82, 2.24) is 14.9 Å². The van der Waals surface area contributed by atoms with Crippen LogP contribution in [0.5, 0.6) is 0 Å². The lowest BCUT2D eigenvalue weighted by molar-refractivity contribution is 0.516. The minimum Gasteiger partial charge on any atom is -0.250 e. The number of benzene rings is 1. The van der Waals surface area contributed by atoms with E-state index in [1.165, 1.54) is 16.7 Å². The van der Waals surface area contributed by atoms with Crippen LogP contribution >= 0.6 is 12.2 Å². The molecule has 0 aliphatic rings. The van der Waals surface area contributed by atoms with Gasteiger partial charge in [0, 0.05) is 11.0 Å². The molecule has 1 aromatic heterocycles. The summed E-state index contributed by atoms with van der Waals surface area (Å²) in [5.41, 5.74) is 4.69. The van der Waals surface area contributed by atoms with Gasteiger partial charge in [0.25, 0.3) is 0 Å². The van der Waals surface area contributed by atoms with E-state index in [-0.39, 0.29) is 5.41 Å². The second kappa shape index (κ2) is 5.56. The van der Waals surface area contributed by atoms with Crippen molar-refractivity contribution in [2.45, 2.75) is 47.0 Å². The highest BCUT2D eigenvalue weighted by atomic mass is 32.1. The number of H-pyrrole nitrogens is 1. The van der Waals surface area contributed by atoms with E-state index < -0.39 is 0 Å². The molecular formula is C16H22N4S. The summed E-state index contributed by atoms with van der Waals surface area (Å²) >= 11 is 5.27. The fourth-order valence-electron chi connectivity index (χ4n) is 2.39. The predicted octanol–water partition coefficient (Wildman–Crippen LogP) is 4.05. The van der Waals surface area contributed by atoms with E-state index in [1.54, 1.807) is 4.68 Å². The van der Waals surface area contributed by atoms with Crippen LogP contribution in [0.15, 0.2) is 17.2 Å². The molecule has 0 amide bonds. The largest absolute Gasteiger partial charge is 0.250 e. The molecule has 112 valence electrons. The van der Waals surface area contributed by atoms with Crippen LogP contribution in [0.1, 0.15) is 48.8 Å². The number of hydrogen-bond acceptors (Lipinski definition) is 3. The van der Waals surface area contributed by atoms with Gasteiger partial charge in [0.05, 0.1) is 6.21 Å². The van der Waals surface area contributed by atoms with Crippen LogP contribution in [0.3, 0.4) is 0 Å². The Morgan fingerprint density at radius 2 is 1.76 bits per heavy atom. The van der Waals surface area contributed by atoms with Gasteiger partial charge in [0.15, 0.2) is 5.82 Å². The first-order valence-corrected chi connectivity index (χ1v) is 7.41. The molecule has 5 heteroatoms. The first-order chi connectivity index (χ1) is 9.70. The molecule has 1 aromatic carbocycles. The van der Waals surface area contributed by atoms with E-state index in [1.807, 2.05) is 6.21 Å². The first kappa shape index (κ1) is 15.6. The number of aromatic amines is 1. The maximum Gasteiger partial charge on any atom is 0.216 e. The van der Waals surface area contributed by atoms with Crippen molar-refractivity contribution >= 4 is 18.4 Å². The lowest BCUT2D eigenvalue weighted by Gasteiger charge is -2.16. The smallest absolute Gasteiger partial charge is 0.216 e. The van der Waals surface area contributed by atoms with Crippen LogP contribution in [0.2, 0.25) is 0 Å². The minimum atomic E-state index is -0.123. The van der Waals surface area contributed by atoms with E-state index in [0.717, 1.165) is 11.4 Å². The topological polar surface area (TPSA) is 46.0 Å². The Morgan fingerprint density at radius 3 is 2.29 bits per heavy atom. The van der Waals surface area contributed by atoms with Gasteiger partial charge in [-0.25, -0.2) is 0 Å². The molecule has 0 fully saturated rings. The SMILES string of the molecule is Cc1cc(C)c(/C=N\n2c(C(C)(C)C)n[nH]c2=S)c(C)c1. The molecule has 0 bridgehead atoms. The maximum atomic E-state index is 5.27. The third-order valence-corrected chi connectivity index (χ3v) is 3.63. The van der Waals surface area contributed by atoms with Gasteiger partial charge in [-0.05, 0) is 44.1 Å². The second-order valence-electron chi connectivity index (χ2n) is 6.47. The lowest BCUT2D eigenvalue weighted by atomic mass is 9.96. The number of nitrogens with one attached hydrogen (secondary N) is 1. The van der Waals surface area contributed by atoms with Gasteiger partial charge in [-0.3, -0.25) is 5.10 Å². The van der Waals surface area contributed by atoms with Crippen molar-refractivity contribution in [2.24, 2.45) is 5.10 Å². The quantitative estimate of drug-likeness (QED) is 0.672. The molecular weight excluding hydrogens is 280 g/mol. The van der Waals surface area contributed by atoms with Crippen LogP contribution < -0.4 is 0 Å². The zero-order valence-corrected chi connectivity index (χ0v) is 14.3. The van der Waals surface area contributed by atoms with Crippen LogP contribution in [-0.2, 0) is 5.41 Å². The standard InChI is InChI=1S/C16H22N4S/c1-10-7-11(2)13(12(3)8-10)9-17-20-14(16(4,5)6)18-19-15(20)21/h7-9H,1-6H3,(H,19,21)/b17-9-. The summed E-state index contributed by atoms with van der Waals surface area (Å²) in [4.78, 5) is 0. The monoisotopic (exact) mass is 302 g/mol. The zero-order valence-electron chi connectivity index (χ0n) is 13.5. The summed E-state index contributed by atoms with van der Waals surface area (Å²) in [5, 5.41) is 11.7. The van der Waals surface area contributed by atoms with Crippen molar-refractivity contribution in [2.75, 3.05) is 0 Å². The van der Waals surface area contributed by atoms with Crippen LogP contribution in [0.4, 0.5) is 0 Å². The number of aromatic nitrogens is 3. The highest BCUT2D eigenvalue weighted by Gasteiger charge is 2.21. The summed E-state index contributed by atoms with van der Waals surface area (Å²) < 4.78 is 2.22. The zero-order chi connectivity index (χ0) is 15.8. The first-order valence-electron chi connectivity index (χ1n) is 7.00. The molecule has 0 saturated carbocycles. The van der Waals surface area contributed by atoms with E-state index in [9.17, 15) is 0 Å². The molecule has 0 aliphatic heterocycles. The fourth-order valence-corrected chi connectivity index (χ4v) is 2.57. The van der Waals surface area contributed by atoms with E-state index >= 15 is 0 Å². The van der Waals surface area contributed by atoms with Crippen LogP contribution in [0, 0.1) is 25.5 Å². The van der Waals surface area contributed by atoms with Crippen molar-refractivity contribution in [3.8, 4) is 0 Å². The van der Waals surface area contributed by atoms with Gasteiger partial charge in [-0.2, -0.15) is 14.9 Å². The number of aryl methyl sites for hydroxylation is 3. The van der Waals surface area contributed by atoms with E-state index in [0.29, 0.717) is 4.77 Å². The molecule has 4 nitrogen and oxygen atoms in total. The summed E-state index contributed by atoms with van der Waals surface area (Å²) in [7, 11) is 0. The van der Waals surface area contributed by atoms with Gasteiger partial charge in [0.2, 0.25) is 4.77 Å². The van der Waals surface area contributed by atoms with Crippen LogP contribution in [-0.4, -0.2) is 21.1 Å². The molecule has 0 unspecified atom stereocenters. The Hall–Kier alpha value is -1.75. The van der Waals surface area contributed by atoms with Gasteiger partial charge in [-0.15, -0.1) is 0 Å². The summed E-state index contributed by atoms with van der Waals surface area (Å²) in [6, 6.07) is 4.32. The Balaban J connectivity index is 2.49. The number of rotatable bonds is 2. The second-order valence-corrected chi connectivity index (χ2v) is 6.86. The lowest BCUT2D eigenvalue weighted by Crippen LogP contribution is -2.17. The van der Waals surface area contributed by atoms with Gasteiger partial charge in [0.1, 0.15) is 0 Å². The Kier molecular flexibility index (Phi) is 4.14. The predicted molar refractivity (Wildman–Crippen MR) is 89.8 cm³/mol. The van der Waals surface area contributed by atoms with Gasteiger partial charge >= 0.3 is 0 Å². The van der Waals surface area contributed by atoms with Gasteiger partial charge in [-0.1, -0.05) is 38.5 Å². The van der Waals surface area contributed by atoms with Crippen LogP contribution in [0.25, 0.3) is 0 Å². The molecule has 0 radical (unpaired) electrons. The Labute approximate surface area is 130 Å². The summed E-state index contributed by atoms with van der Waals surface area (Å²) in [5.74, 6) is 0.825. The normalized spacial score (nSPS) is 12.3. The highest BCUT2D eigenvalue weighted by molar-refractivity contribution is 7.71. The molecule has 1 heterocycles. The Morgan fingerprint density at radius 1 is 1.19 bits per heavy atom. The van der Waals surface area contributed by atoms with Gasteiger partial charge < -0.3 is 0 Å².